The van der Waals surface area contributed by atoms with Gasteiger partial charge in [-0.25, -0.2) is 0 Å². The van der Waals surface area contributed by atoms with E-state index in [-0.39, 0.29) is 12.0 Å². The summed E-state index contributed by atoms with van der Waals surface area (Å²) in [7, 11) is 0. The summed E-state index contributed by atoms with van der Waals surface area (Å²) in [5, 5.41) is 8.72. The Morgan fingerprint density at radius 2 is 1.92 bits per heavy atom. The Balaban J connectivity index is 2.48. The van der Waals surface area contributed by atoms with E-state index < -0.39 is 5.97 Å². The second kappa shape index (κ2) is 2.98. The van der Waals surface area contributed by atoms with Gasteiger partial charge in [0, 0.05) is 18.6 Å². The van der Waals surface area contributed by atoms with Gasteiger partial charge < -0.3 is 5.11 Å². The summed E-state index contributed by atoms with van der Waals surface area (Å²) in [5.74, 6) is -0.713. The highest BCUT2D eigenvalue weighted by Gasteiger charge is 2.42. The number of aliphatic carboxylic acids is 1. The third kappa shape index (κ3) is 2.44. The average Bonchev–Trinajstić information content (AvgIpc) is 1.79. The van der Waals surface area contributed by atoms with Gasteiger partial charge in [-0.2, -0.15) is 0 Å². The molecule has 3 heteroatoms. The number of hydrogen-bond donors (Lipinski definition) is 1. The number of carbonyl (C=O) groups is 1. The first-order valence-electron chi connectivity index (χ1n) is 4.70. The van der Waals surface area contributed by atoms with Crippen molar-refractivity contribution in [1.82, 2.24) is 4.90 Å². The van der Waals surface area contributed by atoms with E-state index in [0.717, 1.165) is 13.1 Å². The minimum atomic E-state index is -0.713. The summed E-state index contributed by atoms with van der Waals surface area (Å²) in [6.45, 7) is 10.4. The fourth-order valence-corrected chi connectivity index (χ4v) is 1.90. The predicted octanol–water partition coefficient (Wildman–Crippen LogP) is 1.58. The number of nitrogens with zero attached hydrogens (tertiary/aromatic N) is 1. The first-order valence-corrected chi connectivity index (χ1v) is 4.70. The van der Waals surface area contributed by atoms with Crippen molar-refractivity contribution in [3.05, 3.63) is 0 Å². The third-order valence-electron chi connectivity index (χ3n) is 2.68. The number of hydrogen-bond acceptors (Lipinski definition) is 2. The van der Waals surface area contributed by atoms with E-state index in [4.69, 9.17) is 5.11 Å². The van der Waals surface area contributed by atoms with Gasteiger partial charge in [0.05, 0.1) is 6.42 Å². The van der Waals surface area contributed by atoms with Crippen LogP contribution in [0.1, 0.15) is 34.1 Å². The topological polar surface area (TPSA) is 40.5 Å². The molecular weight excluding hydrogens is 166 g/mol. The Morgan fingerprint density at radius 3 is 2.23 bits per heavy atom. The molecule has 0 aromatic heterocycles. The second-order valence-corrected chi connectivity index (χ2v) is 5.40. The lowest BCUT2D eigenvalue weighted by atomic mass is 9.79. The summed E-state index contributed by atoms with van der Waals surface area (Å²) < 4.78 is 0. The standard InChI is InChI=1S/C10H19NO2/c1-9(2)6-11(7-9)10(3,4)5-8(12)13/h5-7H2,1-4H3,(H,12,13). The molecule has 0 aromatic rings. The van der Waals surface area contributed by atoms with Crippen LogP contribution >= 0.6 is 0 Å². The minimum Gasteiger partial charge on any atom is -0.481 e. The third-order valence-corrected chi connectivity index (χ3v) is 2.68. The summed E-state index contributed by atoms with van der Waals surface area (Å²) in [5.41, 5.74) is 0.178. The summed E-state index contributed by atoms with van der Waals surface area (Å²) >= 11 is 0. The highest BCUT2D eigenvalue weighted by Crippen LogP contribution is 2.35. The van der Waals surface area contributed by atoms with E-state index in [1.807, 2.05) is 13.8 Å². The Bertz CT molecular complexity index is 213. The van der Waals surface area contributed by atoms with E-state index in [9.17, 15) is 4.79 Å². The van der Waals surface area contributed by atoms with Crippen molar-refractivity contribution >= 4 is 5.97 Å². The highest BCUT2D eigenvalue weighted by molar-refractivity contribution is 5.68. The molecule has 1 aliphatic rings. The highest BCUT2D eigenvalue weighted by atomic mass is 16.4. The van der Waals surface area contributed by atoms with Crippen LogP contribution in [0.4, 0.5) is 0 Å². The number of carboxylic acid groups (broad SMARTS) is 1. The largest absolute Gasteiger partial charge is 0.481 e. The van der Waals surface area contributed by atoms with Crippen LogP contribution in [0.15, 0.2) is 0 Å². The molecule has 1 heterocycles. The van der Waals surface area contributed by atoms with Crippen LogP contribution in [0.2, 0.25) is 0 Å². The zero-order valence-electron chi connectivity index (χ0n) is 8.92. The van der Waals surface area contributed by atoms with E-state index >= 15 is 0 Å². The van der Waals surface area contributed by atoms with Crippen molar-refractivity contribution in [3.8, 4) is 0 Å². The molecule has 0 aromatic carbocycles. The Kier molecular flexibility index (Phi) is 2.41. The number of likely N-dealkylation sites (tertiary alicyclic amines) is 1. The maximum atomic E-state index is 10.6. The maximum Gasteiger partial charge on any atom is 0.305 e. The zero-order valence-corrected chi connectivity index (χ0v) is 8.92. The van der Waals surface area contributed by atoms with E-state index in [1.165, 1.54) is 0 Å². The molecule has 0 radical (unpaired) electrons. The van der Waals surface area contributed by atoms with Gasteiger partial charge >= 0.3 is 5.97 Å². The van der Waals surface area contributed by atoms with Crippen LogP contribution in [0.3, 0.4) is 0 Å². The van der Waals surface area contributed by atoms with Gasteiger partial charge in [-0.1, -0.05) is 13.8 Å². The molecule has 13 heavy (non-hydrogen) atoms. The van der Waals surface area contributed by atoms with Crippen molar-refractivity contribution in [3.63, 3.8) is 0 Å². The Labute approximate surface area is 79.7 Å². The van der Waals surface area contributed by atoms with Gasteiger partial charge in [0.1, 0.15) is 0 Å². The molecule has 1 rings (SSSR count). The fourth-order valence-electron chi connectivity index (χ4n) is 1.90. The lowest BCUT2D eigenvalue weighted by Crippen LogP contribution is -2.61. The Morgan fingerprint density at radius 1 is 1.46 bits per heavy atom. The van der Waals surface area contributed by atoms with Gasteiger partial charge in [-0.3, -0.25) is 9.69 Å². The van der Waals surface area contributed by atoms with Crippen LogP contribution in [-0.4, -0.2) is 34.6 Å². The van der Waals surface area contributed by atoms with Gasteiger partial charge in [-0.15, -0.1) is 0 Å². The lowest BCUT2D eigenvalue weighted by molar-refractivity contribution is -0.142. The number of carboxylic acids is 1. The average molecular weight is 185 g/mol. The molecule has 1 N–H and O–H groups in total. The quantitative estimate of drug-likeness (QED) is 0.725. The van der Waals surface area contributed by atoms with E-state index in [1.54, 1.807) is 0 Å². The Hall–Kier alpha value is -0.570. The van der Waals surface area contributed by atoms with Crippen molar-refractivity contribution < 1.29 is 9.90 Å². The first kappa shape index (κ1) is 10.5. The van der Waals surface area contributed by atoms with Gasteiger partial charge in [0.25, 0.3) is 0 Å². The molecule has 3 nitrogen and oxygen atoms in total. The van der Waals surface area contributed by atoms with Gasteiger partial charge in [0.15, 0.2) is 0 Å². The summed E-state index contributed by atoms with van der Waals surface area (Å²) in [6, 6.07) is 0. The van der Waals surface area contributed by atoms with Crippen LogP contribution in [0.5, 0.6) is 0 Å². The molecule has 76 valence electrons. The molecule has 0 saturated carbocycles. The van der Waals surface area contributed by atoms with Crippen molar-refractivity contribution in [2.24, 2.45) is 5.41 Å². The molecule has 1 saturated heterocycles. The second-order valence-electron chi connectivity index (χ2n) is 5.40. The van der Waals surface area contributed by atoms with E-state index in [2.05, 4.69) is 18.7 Å². The van der Waals surface area contributed by atoms with Gasteiger partial charge in [0.2, 0.25) is 0 Å². The predicted molar refractivity (Wildman–Crippen MR) is 51.7 cm³/mol. The minimum absolute atomic E-state index is 0.193. The number of rotatable bonds is 3. The molecule has 0 spiro atoms. The van der Waals surface area contributed by atoms with Crippen LogP contribution in [0.25, 0.3) is 0 Å². The van der Waals surface area contributed by atoms with Crippen LogP contribution in [0, 0.1) is 5.41 Å². The molecule has 1 fully saturated rings. The monoisotopic (exact) mass is 185 g/mol. The summed E-state index contributed by atoms with van der Waals surface area (Å²) in [6.07, 6.45) is 0.225. The first-order chi connectivity index (χ1) is 5.73. The molecule has 0 bridgehead atoms. The molecule has 0 unspecified atom stereocenters. The van der Waals surface area contributed by atoms with E-state index in [0.29, 0.717) is 5.41 Å². The SMILES string of the molecule is CC1(C)CN(C(C)(C)CC(=O)O)C1. The zero-order chi connectivity index (χ0) is 10.3. The normalized spacial score (nSPS) is 22.5. The van der Waals surface area contributed by atoms with Crippen LogP contribution < -0.4 is 0 Å². The molecule has 0 atom stereocenters. The molecule has 0 amide bonds. The van der Waals surface area contributed by atoms with Crippen LogP contribution in [-0.2, 0) is 4.79 Å². The van der Waals surface area contributed by atoms with Crippen molar-refractivity contribution in [2.75, 3.05) is 13.1 Å². The maximum absolute atomic E-state index is 10.6. The van der Waals surface area contributed by atoms with Crippen molar-refractivity contribution in [1.29, 1.82) is 0 Å². The lowest BCUT2D eigenvalue weighted by Gasteiger charge is -2.53. The summed E-state index contributed by atoms with van der Waals surface area (Å²) in [4.78, 5) is 12.8. The molecule has 1 aliphatic heterocycles. The van der Waals surface area contributed by atoms with Crippen molar-refractivity contribution in [2.45, 2.75) is 39.7 Å². The fraction of sp³-hybridized carbons (Fsp3) is 0.900. The van der Waals surface area contributed by atoms with Gasteiger partial charge in [-0.05, 0) is 19.3 Å². The molecule has 0 aliphatic carbocycles. The smallest absolute Gasteiger partial charge is 0.305 e. The molecular formula is C10H19NO2.